The van der Waals surface area contributed by atoms with Crippen LogP contribution in [-0.2, 0) is 11.0 Å². The van der Waals surface area contributed by atoms with Crippen molar-refractivity contribution in [1.82, 2.24) is 24.8 Å². The van der Waals surface area contributed by atoms with Crippen LogP contribution in [-0.4, -0.2) is 61.9 Å². The molecule has 9 nitrogen and oxygen atoms in total. The van der Waals surface area contributed by atoms with E-state index in [1.165, 1.54) is 25.4 Å². The second kappa shape index (κ2) is 8.06. The van der Waals surface area contributed by atoms with Crippen LogP contribution in [0.2, 0.25) is 4.34 Å². The monoisotopic (exact) mass is 526 g/mol. The van der Waals surface area contributed by atoms with Crippen LogP contribution in [0.1, 0.15) is 29.0 Å². The fourth-order valence-electron chi connectivity index (χ4n) is 4.95. The van der Waals surface area contributed by atoms with E-state index < -0.39 is 47.5 Å². The lowest BCUT2D eigenvalue weighted by Gasteiger charge is -2.25. The van der Waals surface area contributed by atoms with Crippen molar-refractivity contribution < 1.29 is 28.2 Å². The predicted octanol–water partition coefficient (Wildman–Crippen LogP) is 2.03. The van der Waals surface area contributed by atoms with E-state index in [9.17, 15) is 28.2 Å². The van der Waals surface area contributed by atoms with Gasteiger partial charge in [0.15, 0.2) is 17.0 Å². The standard InChI is InChI=1S/C21H18ClF3N6O3S/c1-26-16-12-17(29-11(28-16)6-4-8-3-5-10(22)35-8)31(18(30-12)21(23,24)25)13-9-7-20(9,19(34)27-2)15(33)14(13)32/h3,5,9,13-15,32-33H,7H2,1-2H3,(H,27,34)(H,26,28,29). The molecule has 3 aromatic heterocycles. The summed E-state index contributed by atoms with van der Waals surface area (Å²) in [5.41, 5.74) is -1.77. The number of hydrogen-bond acceptors (Lipinski definition) is 8. The van der Waals surface area contributed by atoms with Crippen LogP contribution in [0, 0.1) is 23.2 Å². The van der Waals surface area contributed by atoms with Gasteiger partial charge in [-0.1, -0.05) is 11.6 Å². The number of aliphatic hydroxyl groups excluding tert-OH is 2. The van der Waals surface area contributed by atoms with Gasteiger partial charge in [-0.25, -0.2) is 15.0 Å². The van der Waals surface area contributed by atoms with E-state index in [4.69, 9.17) is 11.6 Å². The molecule has 0 saturated heterocycles. The molecule has 4 N–H and O–H groups in total. The summed E-state index contributed by atoms with van der Waals surface area (Å²) >= 11 is 7.13. The Morgan fingerprint density at radius 2 is 2.00 bits per heavy atom. The Morgan fingerprint density at radius 3 is 2.60 bits per heavy atom. The van der Waals surface area contributed by atoms with Gasteiger partial charge in [-0.15, -0.1) is 11.3 Å². The summed E-state index contributed by atoms with van der Waals surface area (Å²) in [7, 11) is 2.83. The Balaban J connectivity index is 1.71. The molecule has 14 heteroatoms. The van der Waals surface area contributed by atoms with Crippen LogP contribution in [0.25, 0.3) is 11.2 Å². The second-order valence-electron chi connectivity index (χ2n) is 8.33. The SMILES string of the molecule is CNC(=O)C12CC1C(n1c(C(F)(F)F)nc3c(NC)nc(C#Cc4ccc(Cl)s4)nc31)C(O)C2O. The minimum Gasteiger partial charge on any atom is -0.389 e. The Hall–Kier alpha value is -2.92. The molecule has 0 aliphatic heterocycles. The number of aromatic nitrogens is 4. The highest BCUT2D eigenvalue weighted by Crippen LogP contribution is 2.68. The zero-order valence-corrected chi connectivity index (χ0v) is 19.8. The van der Waals surface area contributed by atoms with Gasteiger partial charge < -0.3 is 20.8 Å². The van der Waals surface area contributed by atoms with Gasteiger partial charge in [-0.3, -0.25) is 9.36 Å². The third-order valence-corrected chi connectivity index (χ3v) is 7.67. The number of aliphatic hydroxyl groups is 2. The number of nitrogens with one attached hydrogen (secondary N) is 2. The molecule has 3 heterocycles. The first-order valence-electron chi connectivity index (χ1n) is 10.4. The lowest BCUT2D eigenvalue weighted by atomic mass is 9.98. The number of hydrogen-bond donors (Lipinski definition) is 4. The fourth-order valence-corrected chi connectivity index (χ4v) is 5.84. The van der Waals surface area contributed by atoms with E-state index in [1.807, 2.05) is 0 Å². The van der Waals surface area contributed by atoms with Crippen molar-refractivity contribution in [1.29, 1.82) is 0 Å². The molecule has 0 aromatic carbocycles. The molecule has 3 aromatic rings. The highest BCUT2D eigenvalue weighted by atomic mass is 35.5. The smallest absolute Gasteiger partial charge is 0.389 e. The maximum absolute atomic E-state index is 14.1. The number of fused-ring (bicyclic) bond motifs is 2. The van der Waals surface area contributed by atoms with Crippen LogP contribution in [0.15, 0.2) is 12.1 Å². The van der Waals surface area contributed by atoms with Crippen molar-refractivity contribution in [3.63, 3.8) is 0 Å². The Morgan fingerprint density at radius 1 is 1.26 bits per heavy atom. The minimum absolute atomic E-state index is 0.00848. The van der Waals surface area contributed by atoms with E-state index in [2.05, 4.69) is 37.4 Å². The zero-order chi connectivity index (χ0) is 25.3. The van der Waals surface area contributed by atoms with Crippen LogP contribution < -0.4 is 10.6 Å². The minimum atomic E-state index is -4.91. The summed E-state index contributed by atoms with van der Waals surface area (Å²) in [5.74, 6) is 2.87. The molecule has 2 saturated carbocycles. The number of imidazole rings is 1. The topological polar surface area (TPSA) is 125 Å². The molecular formula is C21H18ClF3N6O3S. The number of alkyl halides is 3. The molecule has 0 radical (unpaired) electrons. The van der Waals surface area contributed by atoms with Crippen LogP contribution in [0.4, 0.5) is 19.0 Å². The number of halogens is 4. The molecular weight excluding hydrogens is 509 g/mol. The first-order chi connectivity index (χ1) is 16.5. The molecule has 35 heavy (non-hydrogen) atoms. The molecule has 2 aliphatic rings. The Labute approximate surface area is 205 Å². The van der Waals surface area contributed by atoms with Crippen LogP contribution in [0.3, 0.4) is 0 Å². The maximum Gasteiger partial charge on any atom is 0.449 e. The average Bonchev–Trinajstić information content (AvgIpc) is 3.09. The van der Waals surface area contributed by atoms with Gasteiger partial charge >= 0.3 is 6.18 Å². The first-order valence-corrected chi connectivity index (χ1v) is 11.6. The van der Waals surface area contributed by atoms with Crippen molar-refractivity contribution in [3.8, 4) is 11.8 Å². The normalized spacial score (nSPS) is 27.3. The van der Waals surface area contributed by atoms with Gasteiger partial charge in [0, 0.05) is 20.0 Å². The molecule has 0 spiro atoms. The van der Waals surface area contributed by atoms with Gasteiger partial charge in [0.05, 0.1) is 26.8 Å². The van der Waals surface area contributed by atoms with Crippen molar-refractivity contribution in [2.45, 2.75) is 30.8 Å². The van der Waals surface area contributed by atoms with Gasteiger partial charge in [-0.2, -0.15) is 13.2 Å². The molecule has 184 valence electrons. The number of anilines is 1. The lowest BCUT2D eigenvalue weighted by molar-refractivity contribution is -0.149. The van der Waals surface area contributed by atoms with Gasteiger partial charge in [0.2, 0.25) is 17.6 Å². The van der Waals surface area contributed by atoms with Gasteiger partial charge in [-0.05, 0) is 30.4 Å². The Kier molecular flexibility index (Phi) is 5.48. The average molecular weight is 527 g/mol. The quantitative estimate of drug-likeness (QED) is 0.385. The number of rotatable bonds is 3. The number of carbonyl (C=O) groups is 1. The maximum atomic E-state index is 14.1. The summed E-state index contributed by atoms with van der Waals surface area (Å²) in [6.07, 6.45) is -8.00. The van der Waals surface area contributed by atoms with E-state index in [1.54, 1.807) is 12.1 Å². The summed E-state index contributed by atoms with van der Waals surface area (Å²) < 4.78 is 43.6. The van der Waals surface area contributed by atoms with Crippen LogP contribution in [0.5, 0.6) is 0 Å². The summed E-state index contributed by atoms with van der Waals surface area (Å²) in [6.45, 7) is 0. The van der Waals surface area contributed by atoms with E-state index in [0.29, 0.717) is 9.21 Å². The Bertz CT molecular complexity index is 1410. The van der Waals surface area contributed by atoms with E-state index >= 15 is 0 Å². The van der Waals surface area contributed by atoms with Crippen molar-refractivity contribution in [3.05, 3.63) is 33.0 Å². The second-order valence-corrected chi connectivity index (χ2v) is 10.0. The summed E-state index contributed by atoms with van der Waals surface area (Å²) in [5, 5.41) is 26.6. The molecule has 1 amide bonds. The van der Waals surface area contributed by atoms with E-state index in [0.717, 1.165) is 4.57 Å². The number of nitrogens with zero attached hydrogens (tertiary/aromatic N) is 4. The molecule has 5 unspecified atom stereocenters. The molecule has 2 aliphatic carbocycles. The largest absolute Gasteiger partial charge is 0.449 e. The zero-order valence-electron chi connectivity index (χ0n) is 18.2. The van der Waals surface area contributed by atoms with Crippen LogP contribution >= 0.6 is 22.9 Å². The van der Waals surface area contributed by atoms with Gasteiger partial charge in [0.25, 0.3) is 0 Å². The van der Waals surface area contributed by atoms with E-state index in [-0.39, 0.29) is 29.2 Å². The van der Waals surface area contributed by atoms with Crippen molar-refractivity contribution >= 4 is 45.8 Å². The highest BCUT2D eigenvalue weighted by molar-refractivity contribution is 7.16. The number of amides is 1. The van der Waals surface area contributed by atoms with Gasteiger partial charge in [0.1, 0.15) is 6.10 Å². The first kappa shape index (κ1) is 23.8. The molecule has 5 rings (SSSR count). The van der Waals surface area contributed by atoms with Crippen molar-refractivity contribution in [2.24, 2.45) is 11.3 Å². The fraction of sp³-hybridized carbons (Fsp3) is 0.429. The number of thiophene rings is 1. The predicted molar refractivity (Wildman–Crippen MR) is 121 cm³/mol. The third-order valence-electron chi connectivity index (χ3n) is 6.52. The molecule has 5 atom stereocenters. The summed E-state index contributed by atoms with van der Waals surface area (Å²) in [4.78, 5) is 25.3. The molecule has 0 bridgehead atoms. The summed E-state index contributed by atoms with van der Waals surface area (Å²) in [6, 6.07) is 2.05. The molecule has 2 fully saturated rings. The third kappa shape index (κ3) is 3.55. The number of carbonyl (C=O) groups excluding carboxylic acids is 1. The van der Waals surface area contributed by atoms with Crippen molar-refractivity contribution in [2.75, 3.05) is 19.4 Å². The lowest BCUT2D eigenvalue weighted by Crippen LogP contribution is -2.41. The highest BCUT2D eigenvalue weighted by Gasteiger charge is 2.75.